The van der Waals surface area contributed by atoms with Gasteiger partial charge in [-0.3, -0.25) is 4.98 Å². The van der Waals surface area contributed by atoms with E-state index in [4.69, 9.17) is 4.74 Å². The van der Waals surface area contributed by atoms with E-state index in [0.717, 1.165) is 17.0 Å². The van der Waals surface area contributed by atoms with Crippen LogP contribution in [0.4, 0.5) is 0 Å². The van der Waals surface area contributed by atoms with Crippen molar-refractivity contribution in [1.29, 1.82) is 0 Å². The number of benzene rings is 1. The van der Waals surface area contributed by atoms with E-state index in [9.17, 15) is 5.11 Å². The van der Waals surface area contributed by atoms with Gasteiger partial charge in [0.15, 0.2) is 0 Å². The lowest BCUT2D eigenvalue weighted by atomic mass is 10.2. The second kappa shape index (κ2) is 7.67. The standard InChI is InChI=1S/C18H19N3O2/c22-17(14-23-13-15-5-2-1-3-6-15)12-21-10-9-20-18(21)16-7-4-8-19-11-16/h1-11,17,22H,12-14H2/t17-/m1/s1. The van der Waals surface area contributed by atoms with Crippen LogP contribution in [0.5, 0.6) is 0 Å². The largest absolute Gasteiger partial charge is 0.389 e. The Balaban J connectivity index is 1.54. The zero-order chi connectivity index (χ0) is 15.9. The van der Waals surface area contributed by atoms with Crippen molar-refractivity contribution in [3.8, 4) is 11.4 Å². The van der Waals surface area contributed by atoms with Gasteiger partial charge in [-0.1, -0.05) is 30.3 Å². The molecule has 1 N–H and O–H groups in total. The number of nitrogens with zero attached hydrogens (tertiary/aromatic N) is 3. The quantitative estimate of drug-likeness (QED) is 0.728. The van der Waals surface area contributed by atoms with Crippen LogP contribution in [0, 0.1) is 0 Å². The first-order valence-electron chi connectivity index (χ1n) is 7.54. The van der Waals surface area contributed by atoms with Gasteiger partial charge in [0, 0.05) is 30.4 Å². The molecule has 5 heteroatoms. The molecule has 1 atom stereocenters. The number of hydrogen-bond acceptors (Lipinski definition) is 4. The van der Waals surface area contributed by atoms with Crippen LogP contribution >= 0.6 is 0 Å². The lowest BCUT2D eigenvalue weighted by molar-refractivity contribution is 0.0206. The van der Waals surface area contributed by atoms with Crippen LogP contribution in [0.1, 0.15) is 5.56 Å². The topological polar surface area (TPSA) is 60.2 Å². The van der Waals surface area contributed by atoms with Crippen molar-refractivity contribution in [3.05, 3.63) is 72.8 Å². The first-order valence-corrected chi connectivity index (χ1v) is 7.54. The van der Waals surface area contributed by atoms with E-state index in [-0.39, 0.29) is 6.61 Å². The van der Waals surface area contributed by atoms with Crippen LogP contribution in [-0.4, -0.2) is 32.4 Å². The molecule has 0 unspecified atom stereocenters. The maximum absolute atomic E-state index is 10.2. The minimum atomic E-state index is -0.594. The molecule has 0 aliphatic carbocycles. The highest BCUT2D eigenvalue weighted by atomic mass is 16.5. The molecule has 0 aliphatic rings. The highest BCUT2D eigenvalue weighted by molar-refractivity contribution is 5.53. The SMILES string of the molecule is O[C@@H](COCc1ccccc1)Cn1ccnc1-c1cccnc1. The maximum Gasteiger partial charge on any atom is 0.141 e. The first kappa shape index (κ1) is 15.4. The van der Waals surface area contributed by atoms with Crippen LogP contribution in [0.25, 0.3) is 11.4 Å². The number of aliphatic hydroxyl groups is 1. The molecular formula is C18H19N3O2. The molecule has 0 saturated carbocycles. The van der Waals surface area contributed by atoms with Gasteiger partial charge in [-0.25, -0.2) is 4.98 Å². The number of aliphatic hydroxyl groups excluding tert-OH is 1. The van der Waals surface area contributed by atoms with Gasteiger partial charge in [0.05, 0.1) is 25.9 Å². The van der Waals surface area contributed by atoms with Gasteiger partial charge < -0.3 is 14.4 Å². The van der Waals surface area contributed by atoms with E-state index in [1.54, 1.807) is 18.6 Å². The van der Waals surface area contributed by atoms with Crippen molar-refractivity contribution in [1.82, 2.24) is 14.5 Å². The zero-order valence-electron chi connectivity index (χ0n) is 12.7. The summed E-state index contributed by atoms with van der Waals surface area (Å²) in [6.07, 6.45) is 6.46. The zero-order valence-corrected chi connectivity index (χ0v) is 12.7. The highest BCUT2D eigenvalue weighted by Gasteiger charge is 2.11. The molecule has 3 rings (SSSR count). The molecule has 0 bridgehead atoms. The summed E-state index contributed by atoms with van der Waals surface area (Å²) >= 11 is 0. The van der Waals surface area contributed by atoms with E-state index >= 15 is 0 Å². The van der Waals surface area contributed by atoms with E-state index in [2.05, 4.69) is 9.97 Å². The smallest absolute Gasteiger partial charge is 0.141 e. The number of ether oxygens (including phenoxy) is 1. The molecule has 118 valence electrons. The first-order chi connectivity index (χ1) is 11.3. The van der Waals surface area contributed by atoms with Crippen LogP contribution in [0.2, 0.25) is 0 Å². The summed E-state index contributed by atoms with van der Waals surface area (Å²) in [5.41, 5.74) is 2.02. The minimum Gasteiger partial charge on any atom is -0.389 e. The van der Waals surface area contributed by atoms with Crippen molar-refractivity contribution >= 4 is 0 Å². The van der Waals surface area contributed by atoms with Crippen molar-refractivity contribution in [2.24, 2.45) is 0 Å². The Hall–Kier alpha value is -2.50. The summed E-state index contributed by atoms with van der Waals surface area (Å²) in [5, 5.41) is 10.2. The third-order valence-electron chi connectivity index (χ3n) is 3.46. The number of aromatic nitrogens is 3. The fraction of sp³-hybridized carbons (Fsp3) is 0.222. The lowest BCUT2D eigenvalue weighted by Gasteiger charge is -2.14. The summed E-state index contributed by atoms with van der Waals surface area (Å²) in [5.74, 6) is 0.792. The predicted molar refractivity (Wildman–Crippen MR) is 87.6 cm³/mol. The van der Waals surface area contributed by atoms with Crippen molar-refractivity contribution < 1.29 is 9.84 Å². The van der Waals surface area contributed by atoms with E-state index in [1.807, 2.05) is 53.2 Å². The monoisotopic (exact) mass is 309 g/mol. The Morgan fingerprint density at radius 2 is 1.96 bits per heavy atom. The van der Waals surface area contributed by atoms with Crippen LogP contribution in [0.3, 0.4) is 0 Å². The Labute approximate surface area is 135 Å². The van der Waals surface area contributed by atoms with Crippen molar-refractivity contribution in [3.63, 3.8) is 0 Å². The van der Waals surface area contributed by atoms with Gasteiger partial charge >= 0.3 is 0 Å². The average Bonchev–Trinajstić information content (AvgIpc) is 3.05. The second-order valence-corrected chi connectivity index (χ2v) is 5.30. The Morgan fingerprint density at radius 1 is 1.09 bits per heavy atom. The molecule has 2 aromatic heterocycles. The fourth-order valence-electron chi connectivity index (χ4n) is 2.38. The summed E-state index contributed by atoms with van der Waals surface area (Å²) in [7, 11) is 0. The van der Waals surface area contributed by atoms with Gasteiger partial charge in [0.25, 0.3) is 0 Å². The predicted octanol–water partition coefficient (Wildman–Crippen LogP) is 2.52. The number of pyridine rings is 1. The molecule has 0 aliphatic heterocycles. The summed E-state index contributed by atoms with van der Waals surface area (Å²) in [4.78, 5) is 8.44. The van der Waals surface area contributed by atoms with Crippen molar-refractivity contribution in [2.75, 3.05) is 6.61 Å². The number of hydrogen-bond donors (Lipinski definition) is 1. The molecule has 5 nitrogen and oxygen atoms in total. The molecule has 3 aromatic rings. The third-order valence-corrected chi connectivity index (χ3v) is 3.46. The molecule has 2 heterocycles. The maximum atomic E-state index is 10.2. The number of imidazole rings is 1. The van der Waals surface area contributed by atoms with E-state index < -0.39 is 6.10 Å². The Morgan fingerprint density at radius 3 is 2.74 bits per heavy atom. The number of rotatable bonds is 7. The summed E-state index contributed by atoms with van der Waals surface area (Å²) < 4.78 is 7.49. The van der Waals surface area contributed by atoms with Gasteiger partial charge in [-0.05, 0) is 17.7 Å². The molecule has 0 amide bonds. The summed E-state index contributed by atoms with van der Waals surface area (Å²) in [6.45, 7) is 1.20. The molecule has 0 fully saturated rings. The fourth-order valence-corrected chi connectivity index (χ4v) is 2.38. The molecule has 0 saturated heterocycles. The van der Waals surface area contributed by atoms with Crippen LogP contribution < -0.4 is 0 Å². The minimum absolute atomic E-state index is 0.277. The molecule has 23 heavy (non-hydrogen) atoms. The van der Waals surface area contributed by atoms with Crippen LogP contribution in [-0.2, 0) is 17.9 Å². The Kier molecular flexibility index (Phi) is 5.13. The van der Waals surface area contributed by atoms with Gasteiger partial charge in [-0.15, -0.1) is 0 Å². The van der Waals surface area contributed by atoms with Gasteiger partial charge in [0.1, 0.15) is 5.82 Å². The normalized spacial score (nSPS) is 12.2. The molecular weight excluding hydrogens is 290 g/mol. The molecule has 0 radical (unpaired) electrons. The highest BCUT2D eigenvalue weighted by Crippen LogP contribution is 2.16. The molecule has 0 spiro atoms. The molecule has 1 aromatic carbocycles. The van der Waals surface area contributed by atoms with Crippen molar-refractivity contribution in [2.45, 2.75) is 19.3 Å². The van der Waals surface area contributed by atoms with Gasteiger partial charge in [-0.2, -0.15) is 0 Å². The van der Waals surface area contributed by atoms with Gasteiger partial charge in [0.2, 0.25) is 0 Å². The average molecular weight is 309 g/mol. The van der Waals surface area contributed by atoms with E-state index in [0.29, 0.717) is 13.2 Å². The van der Waals surface area contributed by atoms with E-state index in [1.165, 1.54) is 0 Å². The lowest BCUT2D eigenvalue weighted by Crippen LogP contribution is -2.22. The Bertz CT molecular complexity index is 713. The second-order valence-electron chi connectivity index (χ2n) is 5.30. The third kappa shape index (κ3) is 4.25. The summed E-state index contributed by atoms with van der Waals surface area (Å²) in [6, 6.07) is 13.7. The van der Waals surface area contributed by atoms with Crippen LogP contribution in [0.15, 0.2) is 67.3 Å².